The van der Waals surface area contributed by atoms with Gasteiger partial charge in [0, 0.05) is 37.1 Å². The molecule has 1 fully saturated rings. The summed E-state index contributed by atoms with van der Waals surface area (Å²) < 4.78 is 5.33. The van der Waals surface area contributed by atoms with Gasteiger partial charge in [-0.05, 0) is 25.1 Å². The van der Waals surface area contributed by atoms with Crippen LogP contribution in [-0.2, 0) is 4.74 Å². The first kappa shape index (κ1) is 14.6. The smallest absolute Gasteiger partial charge is 0.250 e. The van der Waals surface area contributed by atoms with Crippen molar-refractivity contribution in [3.05, 3.63) is 23.8 Å². The fraction of sp³-hybridized carbons (Fsp3) is 0.500. The summed E-state index contributed by atoms with van der Waals surface area (Å²) in [6.07, 6.45) is 0. The van der Waals surface area contributed by atoms with Crippen molar-refractivity contribution in [1.29, 1.82) is 0 Å². The number of carbonyl (C=O) groups excluding carboxylic acids is 1. The van der Waals surface area contributed by atoms with Gasteiger partial charge >= 0.3 is 0 Å². The van der Waals surface area contributed by atoms with E-state index in [9.17, 15) is 4.79 Å². The van der Waals surface area contributed by atoms with Gasteiger partial charge in [0.05, 0.1) is 18.8 Å². The highest BCUT2D eigenvalue weighted by Gasteiger charge is 2.15. The first-order valence-corrected chi connectivity index (χ1v) is 6.82. The van der Waals surface area contributed by atoms with E-state index >= 15 is 0 Å². The largest absolute Gasteiger partial charge is 0.399 e. The summed E-state index contributed by atoms with van der Waals surface area (Å²) in [6, 6.07) is 5.36. The summed E-state index contributed by atoms with van der Waals surface area (Å²) in [5.41, 5.74) is 12.8. The molecule has 0 spiro atoms. The topological polar surface area (TPSA) is 93.6 Å². The highest BCUT2D eigenvalue weighted by atomic mass is 16.5. The molecule has 1 aromatic rings. The van der Waals surface area contributed by atoms with Gasteiger partial charge in [0.15, 0.2) is 0 Å². The highest BCUT2D eigenvalue weighted by Crippen LogP contribution is 2.19. The van der Waals surface area contributed by atoms with Crippen LogP contribution in [0.2, 0.25) is 0 Å². The molecule has 6 nitrogen and oxygen atoms in total. The predicted octanol–water partition coefficient (Wildman–Crippen LogP) is 0.500. The fourth-order valence-corrected chi connectivity index (χ4v) is 2.37. The molecule has 6 heteroatoms. The Morgan fingerprint density at radius 1 is 1.45 bits per heavy atom. The molecule has 0 aliphatic carbocycles. The minimum Gasteiger partial charge on any atom is -0.399 e. The zero-order valence-corrected chi connectivity index (χ0v) is 11.8. The lowest BCUT2D eigenvalue weighted by Crippen LogP contribution is -2.42. The average molecular weight is 278 g/mol. The maximum atomic E-state index is 11.4. The predicted molar refractivity (Wildman–Crippen MR) is 79.7 cm³/mol. The second kappa shape index (κ2) is 6.58. The van der Waals surface area contributed by atoms with Crippen molar-refractivity contribution < 1.29 is 9.53 Å². The lowest BCUT2D eigenvalue weighted by atomic mass is 10.1. The van der Waals surface area contributed by atoms with Gasteiger partial charge in [-0.2, -0.15) is 0 Å². The monoisotopic (exact) mass is 278 g/mol. The summed E-state index contributed by atoms with van der Waals surface area (Å²) >= 11 is 0. The Morgan fingerprint density at radius 3 is 2.80 bits per heavy atom. The van der Waals surface area contributed by atoms with Crippen LogP contribution in [0.5, 0.6) is 0 Å². The van der Waals surface area contributed by atoms with E-state index in [1.807, 2.05) is 0 Å². The van der Waals surface area contributed by atoms with E-state index < -0.39 is 5.91 Å². The average Bonchev–Trinajstić information content (AvgIpc) is 2.41. The number of rotatable bonds is 5. The molecular formula is C14H22N4O2. The number of amides is 1. The Labute approximate surface area is 119 Å². The minimum absolute atomic E-state index is 0.204. The van der Waals surface area contributed by atoms with Crippen LogP contribution in [0.25, 0.3) is 0 Å². The number of nitrogens with zero attached hydrogens (tertiary/aromatic N) is 1. The van der Waals surface area contributed by atoms with Crippen LogP contribution in [0.4, 0.5) is 11.4 Å². The summed E-state index contributed by atoms with van der Waals surface area (Å²) in [4.78, 5) is 13.8. The normalized spacial score (nSPS) is 17.6. The quantitative estimate of drug-likeness (QED) is 0.682. The lowest BCUT2D eigenvalue weighted by Gasteiger charge is -2.30. The Balaban J connectivity index is 1.99. The van der Waals surface area contributed by atoms with E-state index in [4.69, 9.17) is 16.2 Å². The van der Waals surface area contributed by atoms with Gasteiger partial charge in [0.2, 0.25) is 0 Å². The second-order valence-corrected chi connectivity index (χ2v) is 5.13. The standard InChI is InChI=1S/C14H22N4O2/c1-10(9-18-4-6-20-7-5-18)17-13-3-2-11(15)8-12(13)14(16)19/h2-3,8,10,17H,4-7,9,15H2,1H3,(H2,16,19). The molecule has 1 unspecified atom stereocenters. The van der Waals surface area contributed by atoms with Crippen LogP contribution < -0.4 is 16.8 Å². The zero-order chi connectivity index (χ0) is 14.5. The van der Waals surface area contributed by atoms with Crippen molar-refractivity contribution in [2.75, 3.05) is 43.9 Å². The Bertz CT molecular complexity index is 472. The molecule has 1 atom stereocenters. The number of hydrogen-bond acceptors (Lipinski definition) is 5. The van der Waals surface area contributed by atoms with Gasteiger partial charge < -0.3 is 21.5 Å². The van der Waals surface area contributed by atoms with Gasteiger partial charge in [0.25, 0.3) is 5.91 Å². The molecule has 5 N–H and O–H groups in total. The van der Waals surface area contributed by atoms with Gasteiger partial charge in [-0.25, -0.2) is 0 Å². The fourth-order valence-electron chi connectivity index (χ4n) is 2.37. The number of benzene rings is 1. The van der Waals surface area contributed by atoms with E-state index in [1.54, 1.807) is 18.2 Å². The van der Waals surface area contributed by atoms with Crippen molar-refractivity contribution in [3.63, 3.8) is 0 Å². The SMILES string of the molecule is CC(CN1CCOCC1)Nc1ccc(N)cc1C(N)=O. The van der Waals surface area contributed by atoms with Crippen LogP contribution in [-0.4, -0.2) is 49.7 Å². The third-order valence-corrected chi connectivity index (χ3v) is 3.35. The molecule has 0 saturated carbocycles. The maximum absolute atomic E-state index is 11.4. The van der Waals surface area contributed by atoms with E-state index in [0.29, 0.717) is 11.3 Å². The number of nitrogen functional groups attached to an aromatic ring is 1. The van der Waals surface area contributed by atoms with Crippen molar-refractivity contribution in [1.82, 2.24) is 4.90 Å². The number of nitrogens with one attached hydrogen (secondary N) is 1. The molecule has 1 aliphatic rings. The lowest BCUT2D eigenvalue weighted by molar-refractivity contribution is 0.0368. The van der Waals surface area contributed by atoms with E-state index in [0.717, 1.165) is 38.5 Å². The molecule has 0 bridgehead atoms. The second-order valence-electron chi connectivity index (χ2n) is 5.13. The third kappa shape index (κ3) is 3.85. The molecule has 1 aromatic carbocycles. The van der Waals surface area contributed by atoms with Crippen LogP contribution >= 0.6 is 0 Å². The van der Waals surface area contributed by atoms with Crippen LogP contribution in [0.1, 0.15) is 17.3 Å². The van der Waals surface area contributed by atoms with Crippen LogP contribution in [0, 0.1) is 0 Å². The van der Waals surface area contributed by atoms with Crippen molar-refractivity contribution in [2.24, 2.45) is 5.73 Å². The molecule has 20 heavy (non-hydrogen) atoms. The Morgan fingerprint density at radius 2 is 2.15 bits per heavy atom. The van der Waals surface area contributed by atoms with Gasteiger partial charge in [-0.15, -0.1) is 0 Å². The van der Waals surface area contributed by atoms with Gasteiger partial charge in [-0.3, -0.25) is 9.69 Å². The molecule has 0 aromatic heterocycles. The molecule has 1 amide bonds. The van der Waals surface area contributed by atoms with Crippen LogP contribution in [0.3, 0.4) is 0 Å². The van der Waals surface area contributed by atoms with Crippen molar-refractivity contribution >= 4 is 17.3 Å². The summed E-state index contributed by atoms with van der Waals surface area (Å²) in [7, 11) is 0. The summed E-state index contributed by atoms with van der Waals surface area (Å²) in [6.45, 7) is 6.41. The summed E-state index contributed by atoms with van der Waals surface area (Å²) in [5, 5.41) is 3.33. The number of anilines is 2. The highest BCUT2D eigenvalue weighted by molar-refractivity contribution is 5.99. The zero-order valence-electron chi connectivity index (χ0n) is 11.8. The molecule has 110 valence electrons. The maximum Gasteiger partial charge on any atom is 0.250 e. The number of ether oxygens (including phenoxy) is 1. The third-order valence-electron chi connectivity index (χ3n) is 3.35. The van der Waals surface area contributed by atoms with Gasteiger partial charge in [0.1, 0.15) is 0 Å². The Hall–Kier alpha value is -1.79. The number of carbonyl (C=O) groups is 1. The first-order chi connectivity index (χ1) is 9.56. The summed E-state index contributed by atoms with van der Waals surface area (Å²) in [5.74, 6) is -0.474. The number of hydrogen-bond donors (Lipinski definition) is 3. The molecule has 0 radical (unpaired) electrons. The van der Waals surface area contributed by atoms with Crippen LogP contribution in [0.15, 0.2) is 18.2 Å². The number of nitrogens with two attached hydrogens (primary N) is 2. The van der Waals surface area contributed by atoms with E-state index in [-0.39, 0.29) is 6.04 Å². The molecular weight excluding hydrogens is 256 g/mol. The number of primary amides is 1. The van der Waals surface area contributed by atoms with Gasteiger partial charge in [-0.1, -0.05) is 0 Å². The molecule has 2 rings (SSSR count). The molecule has 1 aliphatic heterocycles. The molecule has 1 saturated heterocycles. The van der Waals surface area contributed by atoms with E-state index in [1.165, 1.54) is 0 Å². The van der Waals surface area contributed by atoms with Crippen molar-refractivity contribution in [2.45, 2.75) is 13.0 Å². The Kier molecular flexibility index (Phi) is 4.81. The molecule has 1 heterocycles. The number of morpholine rings is 1. The first-order valence-electron chi connectivity index (χ1n) is 6.82. The minimum atomic E-state index is -0.474. The van der Waals surface area contributed by atoms with E-state index in [2.05, 4.69) is 17.1 Å². The van der Waals surface area contributed by atoms with Crippen molar-refractivity contribution in [3.8, 4) is 0 Å².